The van der Waals surface area contributed by atoms with Gasteiger partial charge in [0.15, 0.2) is 0 Å². The first-order chi connectivity index (χ1) is 9.08. The summed E-state index contributed by atoms with van der Waals surface area (Å²) in [7, 11) is 0. The molecule has 5 heteroatoms. The first-order valence-electron chi connectivity index (χ1n) is 6.15. The molecular formula is C14H15N2O3-. The van der Waals surface area contributed by atoms with E-state index in [0.717, 1.165) is 5.57 Å². The van der Waals surface area contributed by atoms with Crippen LogP contribution in [0.15, 0.2) is 36.2 Å². The topological polar surface area (TPSA) is 82.1 Å². The molecule has 100 valence electrons. The Kier molecular flexibility index (Phi) is 3.94. The Hall–Kier alpha value is -2.17. The van der Waals surface area contributed by atoms with Crippen LogP contribution < -0.4 is 10.4 Å². The van der Waals surface area contributed by atoms with Crippen molar-refractivity contribution in [3.8, 4) is 0 Å². The quantitative estimate of drug-likeness (QED) is 0.812. The highest BCUT2D eigenvalue weighted by Gasteiger charge is 2.31. The third kappa shape index (κ3) is 3.19. The molecule has 1 aliphatic carbocycles. The van der Waals surface area contributed by atoms with Gasteiger partial charge in [-0.15, -0.1) is 0 Å². The van der Waals surface area contributed by atoms with Gasteiger partial charge in [-0.25, -0.2) is 0 Å². The molecule has 19 heavy (non-hydrogen) atoms. The molecule has 0 aromatic carbocycles. The second-order valence-corrected chi connectivity index (χ2v) is 4.75. The van der Waals surface area contributed by atoms with Gasteiger partial charge in [0.1, 0.15) is 0 Å². The van der Waals surface area contributed by atoms with Crippen LogP contribution in [0.2, 0.25) is 0 Å². The molecule has 0 saturated heterocycles. The van der Waals surface area contributed by atoms with Crippen LogP contribution in [-0.4, -0.2) is 16.9 Å². The Morgan fingerprint density at radius 3 is 2.84 bits per heavy atom. The maximum Gasteiger partial charge on any atom is 0.228 e. The fraction of sp³-hybridized carbons (Fsp3) is 0.357. The second kappa shape index (κ2) is 5.65. The minimum absolute atomic E-state index is 0.297. The third-order valence-electron chi connectivity index (χ3n) is 3.32. The fourth-order valence-corrected chi connectivity index (χ4v) is 2.27. The smallest absolute Gasteiger partial charge is 0.228 e. The molecular weight excluding hydrogens is 244 g/mol. The highest BCUT2D eigenvalue weighted by atomic mass is 16.4. The number of carboxylic acid groups (broad SMARTS) is 1. The van der Waals surface area contributed by atoms with Crippen molar-refractivity contribution in [2.45, 2.75) is 19.8 Å². The van der Waals surface area contributed by atoms with Crippen LogP contribution in [0.4, 0.5) is 5.69 Å². The monoisotopic (exact) mass is 259 g/mol. The predicted molar refractivity (Wildman–Crippen MR) is 67.8 cm³/mol. The van der Waals surface area contributed by atoms with Crippen molar-refractivity contribution in [2.24, 2.45) is 11.8 Å². The van der Waals surface area contributed by atoms with Crippen molar-refractivity contribution >= 4 is 17.6 Å². The van der Waals surface area contributed by atoms with E-state index in [-0.39, 0.29) is 5.91 Å². The largest absolute Gasteiger partial charge is 0.550 e. The number of nitrogens with one attached hydrogen (secondary N) is 1. The van der Waals surface area contributed by atoms with Crippen molar-refractivity contribution < 1.29 is 14.7 Å². The Morgan fingerprint density at radius 1 is 1.42 bits per heavy atom. The lowest BCUT2D eigenvalue weighted by Crippen LogP contribution is -2.42. The van der Waals surface area contributed by atoms with Gasteiger partial charge in [0.05, 0.1) is 17.8 Å². The van der Waals surface area contributed by atoms with Crippen LogP contribution in [0.3, 0.4) is 0 Å². The summed E-state index contributed by atoms with van der Waals surface area (Å²) in [5, 5.41) is 13.8. The van der Waals surface area contributed by atoms with Crippen LogP contribution in [-0.2, 0) is 9.59 Å². The molecule has 2 atom stereocenters. The lowest BCUT2D eigenvalue weighted by molar-refractivity contribution is -0.313. The van der Waals surface area contributed by atoms with Crippen LogP contribution in [0.1, 0.15) is 19.8 Å². The van der Waals surface area contributed by atoms with Gasteiger partial charge in [-0.3, -0.25) is 9.78 Å². The molecule has 2 rings (SSSR count). The molecule has 0 bridgehead atoms. The van der Waals surface area contributed by atoms with E-state index in [1.807, 2.05) is 13.0 Å². The summed E-state index contributed by atoms with van der Waals surface area (Å²) in [4.78, 5) is 27.2. The van der Waals surface area contributed by atoms with Crippen LogP contribution in [0, 0.1) is 11.8 Å². The second-order valence-electron chi connectivity index (χ2n) is 4.75. The summed E-state index contributed by atoms with van der Waals surface area (Å²) in [5.41, 5.74) is 1.60. The van der Waals surface area contributed by atoms with Crippen molar-refractivity contribution in [3.05, 3.63) is 36.2 Å². The number of rotatable bonds is 3. The van der Waals surface area contributed by atoms with Gasteiger partial charge in [-0.1, -0.05) is 11.6 Å². The van der Waals surface area contributed by atoms with E-state index in [1.165, 1.54) is 6.20 Å². The zero-order valence-corrected chi connectivity index (χ0v) is 10.6. The summed E-state index contributed by atoms with van der Waals surface area (Å²) < 4.78 is 0. The molecule has 0 radical (unpaired) electrons. The van der Waals surface area contributed by atoms with E-state index < -0.39 is 17.8 Å². The summed E-state index contributed by atoms with van der Waals surface area (Å²) in [5.74, 6) is -2.82. The van der Waals surface area contributed by atoms with E-state index in [0.29, 0.717) is 18.5 Å². The molecule has 0 spiro atoms. The van der Waals surface area contributed by atoms with E-state index >= 15 is 0 Å². The maximum absolute atomic E-state index is 12.2. The molecule has 5 nitrogen and oxygen atoms in total. The Labute approximate surface area is 111 Å². The number of allylic oxidation sites excluding steroid dienone is 2. The van der Waals surface area contributed by atoms with E-state index in [4.69, 9.17) is 0 Å². The summed E-state index contributed by atoms with van der Waals surface area (Å²) in [6.07, 6.45) is 5.78. The lowest BCUT2D eigenvalue weighted by Gasteiger charge is -2.30. The highest BCUT2D eigenvalue weighted by Crippen LogP contribution is 2.30. The van der Waals surface area contributed by atoms with E-state index in [9.17, 15) is 14.7 Å². The zero-order valence-electron chi connectivity index (χ0n) is 10.6. The standard InChI is InChI=1S/C14H16N2O3/c1-9-4-5-11(14(18)19)12(7-9)13(17)16-10-3-2-6-15-8-10/h2-4,6,8,11-12H,5,7H2,1H3,(H,16,17)(H,18,19)/p-1/t11-,12+/m0/s1. The molecule has 1 aliphatic rings. The number of hydrogen-bond donors (Lipinski definition) is 1. The maximum atomic E-state index is 12.2. The van der Waals surface area contributed by atoms with Crippen LogP contribution in [0.5, 0.6) is 0 Å². The van der Waals surface area contributed by atoms with Crippen molar-refractivity contribution in [1.82, 2.24) is 4.98 Å². The molecule has 0 saturated carbocycles. The third-order valence-corrected chi connectivity index (χ3v) is 3.32. The van der Waals surface area contributed by atoms with Gasteiger partial charge in [-0.05, 0) is 31.9 Å². The molecule has 1 heterocycles. The molecule has 0 unspecified atom stereocenters. The average Bonchev–Trinajstić information content (AvgIpc) is 2.39. The summed E-state index contributed by atoms with van der Waals surface area (Å²) in [6.45, 7) is 1.90. The molecule has 1 amide bonds. The summed E-state index contributed by atoms with van der Waals surface area (Å²) in [6, 6.07) is 3.42. The fourth-order valence-electron chi connectivity index (χ4n) is 2.27. The van der Waals surface area contributed by atoms with Crippen molar-refractivity contribution in [2.75, 3.05) is 5.32 Å². The normalized spacial score (nSPS) is 22.5. The number of carboxylic acids is 1. The van der Waals surface area contributed by atoms with Crippen LogP contribution in [0.25, 0.3) is 0 Å². The SMILES string of the molecule is CC1=CC[C@H](C(=O)[O-])[C@H](C(=O)Nc2cccnc2)C1. The average molecular weight is 259 g/mol. The molecule has 1 aromatic heterocycles. The predicted octanol–water partition coefficient (Wildman–Crippen LogP) is 0.742. The van der Waals surface area contributed by atoms with Gasteiger partial charge < -0.3 is 15.2 Å². The Balaban J connectivity index is 2.12. The number of aliphatic carboxylic acids is 1. The summed E-state index contributed by atoms with van der Waals surface area (Å²) >= 11 is 0. The Morgan fingerprint density at radius 2 is 2.21 bits per heavy atom. The number of carbonyl (C=O) groups excluding carboxylic acids is 2. The highest BCUT2D eigenvalue weighted by molar-refractivity contribution is 5.95. The van der Waals surface area contributed by atoms with Gasteiger partial charge >= 0.3 is 0 Å². The minimum Gasteiger partial charge on any atom is -0.550 e. The van der Waals surface area contributed by atoms with Gasteiger partial charge in [0, 0.05) is 18.1 Å². The number of nitrogens with zero attached hydrogens (tertiary/aromatic N) is 1. The number of hydrogen-bond acceptors (Lipinski definition) is 4. The number of pyridine rings is 1. The van der Waals surface area contributed by atoms with Crippen molar-refractivity contribution in [3.63, 3.8) is 0 Å². The van der Waals surface area contributed by atoms with Gasteiger partial charge in [0.2, 0.25) is 5.91 Å². The van der Waals surface area contributed by atoms with Gasteiger partial charge in [0.25, 0.3) is 0 Å². The number of anilines is 1. The number of amides is 1. The number of carbonyl (C=O) groups is 2. The zero-order chi connectivity index (χ0) is 13.8. The number of aromatic nitrogens is 1. The molecule has 0 fully saturated rings. The lowest BCUT2D eigenvalue weighted by atomic mass is 9.79. The van der Waals surface area contributed by atoms with E-state index in [1.54, 1.807) is 18.3 Å². The molecule has 1 N–H and O–H groups in total. The Bertz CT molecular complexity index is 511. The van der Waals surface area contributed by atoms with E-state index in [2.05, 4.69) is 10.3 Å². The molecule has 1 aromatic rings. The van der Waals surface area contributed by atoms with Crippen molar-refractivity contribution in [1.29, 1.82) is 0 Å². The van der Waals surface area contributed by atoms with Crippen LogP contribution >= 0.6 is 0 Å². The first-order valence-corrected chi connectivity index (χ1v) is 6.15. The minimum atomic E-state index is -1.17. The van der Waals surface area contributed by atoms with Gasteiger partial charge in [-0.2, -0.15) is 0 Å². The molecule has 0 aliphatic heterocycles. The first kappa shape index (κ1) is 13.3.